The number of rotatable bonds is 5. The Labute approximate surface area is 259 Å². The van der Waals surface area contributed by atoms with E-state index in [-0.39, 0.29) is 5.91 Å². The molecule has 6 heteroatoms. The molecule has 45 heavy (non-hydrogen) atoms. The fourth-order valence-corrected chi connectivity index (χ4v) is 5.59. The van der Waals surface area contributed by atoms with Crippen molar-refractivity contribution in [1.29, 1.82) is 0 Å². The monoisotopic (exact) mass is 603 g/mol. The van der Waals surface area contributed by atoms with Gasteiger partial charge in [0.2, 0.25) is 5.91 Å². The van der Waals surface area contributed by atoms with E-state index in [1.807, 2.05) is 32.9 Å². The summed E-state index contributed by atoms with van der Waals surface area (Å²) in [4.78, 5) is 13.4. The molecule has 0 bridgehead atoms. The molecule has 224 valence electrons. The summed E-state index contributed by atoms with van der Waals surface area (Å²) in [6, 6.07) is 29.7. The molecule has 0 saturated carbocycles. The summed E-state index contributed by atoms with van der Waals surface area (Å²) >= 11 is 0. The van der Waals surface area contributed by atoms with Gasteiger partial charge in [0.1, 0.15) is 23.3 Å². The van der Waals surface area contributed by atoms with E-state index in [1.165, 1.54) is 48.5 Å². The predicted octanol–water partition coefficient (Wildman–Crippen LogP) is 11.0. The first-order valence-electron chi connectivity index (χ1n) is 14.5. The van der Waals surface area contributed by atoms with Crippen LogP contribution in [0.25, 0.3) is 55.3 Å². The average Bonchev–Trinajstić information content (AvgIpc) is 3.01. The molecule has 0 aliphatic rings. The third kappa shape index (κ3) is 5.84. The van der Waals surface area contributed by atoms with Crippen LogP contribution in [-0.4, -0.2) is 5.91 Å². The first-order valence-corrected chi connectivity index (χ1v) is 14.5. The minimum absolute atomic E-state index is 0.214. The highest BCUT2D eigenvalue weighted by molar-refractivity contribution is 6.22. The van der Waals surface area contributed by atoms with Gasteiger partial charge in [-0.2, -0.15) is 0 Å². The number of hydrogen-bond donors (Lipinski definition) is 1. The van der Waals surface area contributed by atoms with Gasteiger partial charge in [-0.25, -0.2) is 17.6 Å². The summed E-state index contributed by atoms with van der Waals surface area (Å²) in [5, 5.41) is 4.48. The Balaban J connectivity index is 1.89. The molecule has 0 heterocycles. The summed E-state index contributed by atoms with van der Waals surface area (Å²) in [6.07, 6.45) is 0. The second-order valence-corrected chi connectivity index (χ2v) is 12.0. The Morgan fingerprint density at radius 2 is 0.844 bits per heavy atom. The highest BCUT2D eigenvalue weighted by atomic mass is 19.1. The molecule has 0 atom stereocenters. The maximum absolute atomic E-state index is 14.3. The van der Waals surface area contributed by atoms with Crippen LogP contribution in [0.5, 0.6) is 0 Å². The second-order valence-electron chi connectivity index (χ2n) is 12.0. The van der Waals surface area contributed by atoms with Crippen molar-refractivity contribution in [2.75, 3.05) is 5.32 Å². The van der Waals surface area contributed by atoms with E-state index >= 15 is 0 Å². The molecule has 1 N–H and O–H groups in total. The minimum Gasteiger partial charge on any atom is -0.325 e. The topological polar surface area (TPSA) is 29.1 Å². The van der Waals surface area contributed by atoms with Crippen molar-refractivity contribution >= 4 is 22.4 Å². The van der Waals surface area contributed by atoms with Gasteiger partial charge < -0.3 is 5.32 Å². The SMILES string of the molecule is CC(C)(C)C(=O)Nc1cccc2c(-c3ccc(F)cc3)c(-c3ccc(F)cc3)c(-c3ccc(F)cc3)c(-c3ccc(F)cc3)c12. The summed E-state index contributed by atoms with van der Waals surface area (Å²) in [7, 11) is 0. The van der Waals surface area contributed by atoms with Crippen molar-refractivity contribution in [2.45, 2.75) is 20.8 Å². The summed E-state index contributed by atoms with van der Waals surface area (Å²) in [6.45, 7) is 5.44. The molecule has 0 saturated heterocycles. The van der Waals surface area contributed by atoms with E-state index < -0.39 is 28.7 Å². The molecule has 2 nitrogen and oxygen atoms in total. The van der Waals surface area contributed by atoms with Crippen LogP contribution in [0.15, 0.2) is 115 Å². The maximum atomic E-state index is 14.3. The van der Waals surface area contributed by atoms with E-state index in [9.17, 15) is 22.4 Å². The number of fused-ring (bicyclic) bond motifs is 1. The second kappa shape index (κ2) is 11.7. The Bertz CT molecular complexity index is 2030. The van der Waals surface area contributed by atoms with Gasteiger partial charge in [0.15, 0.2) is 0 Å². The first kappa shape index (κ1) is 29.8. The number of amides is 1. The van der Waals surface area contributed by atoms with E-state index in [2.05, 4.69) is 5.32 Å². The molecular formula is C39H29F4NO. The predicted molar refractivity (Wildman–Crippen MR) is 174 cm³/mol. The average molecular weight is 604 g/mol. The third-order valence-electron chi connectivity index (χ3n) is 7.79. The summed E-state index contributed by atoms with van der Waals surface area (Å²) in [5.41, 5.74) is 5.11. The van der Waals surface area contributed by atoms with Crippen LogP contribution in [0.1, 0.15) is 20.8 Å². The lowest BCUT2D eigenvalue weighted by Gasteiger charge is -2.26. The molecule has 6 aromatic rings. The number of carbonyl (C=O) groups is 1. The summed E-state index contributed by atoms with van der Waals surface area (Å²) < 4.78 is 57.2. The van der Waals surface area contributed by atoms with Crippen molar-refractivity contribution in [3.05, 3.63) is 139 Å². The van der Waals surface area contributed by atoms with Gasteiger partial charge in [0.05, 0.1) is 0 Å². The Hall–Kier alpha value is -5.23. The standard InChI is InChI=1S/C39H29F4NO/c1-39(2,3)38(45)44-32-6-4-5-31-33(23-7-15-27(40)16-8-23)34(24-9-17-28(41)18-10-24)35(25-11-19-29(42)20-12-25)36(37(31)32)26-13-21-30(43)22-14-26/h4-22H,1-3H3,(H,44,45). The molecule has 6 aromatic carbocycles. The molecule has 0 radical (unpaired) electrons. The van der Waals surface area contributed by atoms with Crippen LogP contribution >= 0.6 is 0 Å². The maximum Gasteiger partial charge on any atom is 0.229 e. The highest BCUT2D eigenvalue weighted by Crippen LogP contribution is 2.52. The van der Waals surface area contributed by atoms with Gasteiger partial charge in [-0.3, -0.25) is 4.79 Å². The van der Waals surface area contributed by atoms with Crippen LogP contribution in [0.3, 0.4) is 0 Å². The fourth-order valence-electron chi connectivity index (χ4n) is 5.59. The molecule has 0 aliphatic heterocycles. The van der Waals surface area contributed by atoms with Crippen molar-refractivity contribution in [1.82, 2.24) is 0 Å². The zero-order valence-electron chi connectivity index (χ0n) is 24.9. The molecule has 0 aliphatic carbocycles. The zero-order chi connectivity index (χ0) is 31.9. The minimum atomic E-state index is -0.716. The quantitative estimate of drug-likeness (QED) is 0.195. The van der Waals surface area contributed by atoms with Crippen molar-refractivity contribution in [3.63, 3.8) is 0 Å². The first-order chi connectivity index (χ1) is 21.5. The van der Waals surface area contributed by atoms with E-state index in [1.54, 1.807) is 54.6 Å². The normalized spacial score (nSPS) is 11.5. The van der Waals surface area contributed by atoms with Crippen LogP contribution in [0.4, 0.5) is 23.2 Å². The Morgan fingerprint density at radius 3 is 1.24 bits per heavy atom. The molecule has 0 unspecified atom stereocenters. The van der Waals surface area contributed by atoms with Gasteiger partial charge in [-0.05, 0) is 98.9 Å². The van der Waals surface area contributed by atoms with Gasteiger partial charge in [-0.15, -0.1) is 0 Å². The molecule has 0 fully saturated rings. The fraction of sp³-hybridized carbons (Fsp3) is 0.103. The number of hydrogen-bond acceptors (Lipinski definition) is 1. The van der Waals surface area contributed by atoms with E-state index in [0.29, 0.717) is 55.6 Å². The summed E-state index contributed by atoms with van der Waals surface area (Å²) in [5.74, 6) is -1.89. The van der Waals surface area contributed by atoms with Crippen LogP contribution in [-0.2, 0) is 4.79 Å². The number of anilines is 1. The Morgan fingerprint density at radius 1 is 0.489 bits per heavy atom. The van der Waals surface area contributed by atoms with Gasteiger partial charge in [0, 0.05) is 22.1 Å². The molecule has 0 aromatic heterocycles. The molecule has 1 amide bonds. The van der Waals surface area contributed by atoms with Gasteiger partial charge in [0.25, 0.3) is 0 Å². The molecular weight excluding hydrogens is 574 g/mol. The highest BCUT2D eigenvalue weighted by Gasteiger charge is 2.28. The van der Waals surface area contributed by atoms with Crippen LogP contribution in [0, 0.1) is 28.7 Å². The third-order valence-corrected chi connectivity index (χ3v) is 7.79. The van der Waals surface area contributed by atoms with Crippen LogP contribution in [0.2, 0.25) is 0 Å². The van der Waals surface area contributed by atoms with Crippen molar-refractivity contribution in [2.24, 2.45) is 5.41 Å². The van der Waals surface area contributed by atoms with Gasteiger partial charge in [-0.1, -0.05) is 81.4 Å². The zero-order valence-corrected chi connectivity index (χ0v) is 24.9. The lowest BCUT2D eigenvalue weighted by molar-refractivity contribution is -0.123. The molecule has 6 rings (SSSR count). The number of nitrogens with one attached hydrogen (secondary N) is 1. The van der Waals surface area contributed by atoms with Crippen molar-refractivity contribution < 1.29 is 22.4 Å². The van der Waals surface area contributed by atoms with Crippen molar-refractivity contribution in [3.8, 4) is 44.5 Å². The smallest absolute Gasteiger partial charge is 0.229 e. The number of benzene rings is 6. The van der Waals surface area contributed by atoms with E-state index in [4.69, 9.17) is 0 Å². The lowest BCUT2D eigenvalue weighted by Crippen LogP contribution is -2.27. The largest absolute Gasteiger partial charge is 0.325 e. The number of halogens is 4. The lowest BCUT2D eigenvalue weighted by atomic mass is 9.78. The van der Waals surface area contributed by atoms with Crippen LogP contribution < -0.4 is 5.32 Å². The number of carbonyl (C=O) groups excluding carboxylic acids is 1. The molecule has 0 spiro atoms. The van der Waals surface area contributed by atoms with Gasteiger partial charge >= 0.3 is 0 Å². The Kier molecular flexibility index (Phi) is 7.75. The van der Waals surface area contributed by atoms with E-state index in [0.717, 1.165) is 5.39 Å².